The molecule has 2 heterocycles. The average Bonchev–Trinajstić information content (AvgIpc) is 2.91. The first-order chi connectivity index (χ1) is 9.67. The Labute approximate surface area is 125 Å². The molecule has 0 saturated heterocycles. The Kier molecular flexibility index (Phi) is 3.46. The highest BCUT2D eigenvalue weighted by Gasteiger charge is 2.10. The lowest BCUT2D eigenvalue weighted by molar-refractivity contribution is 1.20. The number of nitrogens with zero attached hydrogens (tertiary/aromatic N) is 2. The number of anilines is 3. The van der Waals surface area contributed by atoms with Crippen molar-refractivity contribution >= 4 is 50.6 Å². The second-order valence-electron chi connectivity index (χ2n) is 4.39. The summed E-state index contributed by atoms with van der Waals surface area (Å²) in [6.07, 6.45) is 0. The Morgan fingerprint density at radius 2 is 2.05 bits per heavy atom. The first-order valence-corrected chi connectivity index (χ1v) is 7.39. The second kappa shape index (κ2) is 5.26. The Hall–Kier alpha value is -1.85. The minimum Gasteiger partial charge on any atom is -0.357 e. The zero-order valence-corrected chi connectivity index (χ0v) is 12.6. The summed E-state index contributed by atoms with van der Waals surface area (Å²) in [6, 6.07) is 7.87. The molecule has 2 N–H and O–H groups in total. The van der Waals surface area contributed by atoms with Crippen LogP contribution in [0.3, 0.4) is 0 Å². The van der Waals surface area contributed by atoms with Crippen LogP contribution >= 0.6 is 22.9 Å². The fraction of sp³-hybridized carbons (Fsp3) is 0.143. The molecule has 0 aliphatic heterocycles. The summed E-state index contributed by atoms with van der Waals surface area (Å²) in [7, 11) is 1.80. The minimum atomic E-state index is 0.589. The van der Waals surface area contributed by atoms with E-state index in [0.717, 1.165) is 27.3 Å². The van der Waals surface area contributed by atoms with Gasteiger partial charge in [-0.05, 0) is 36.1 Å². The van der Waals surface area contributed by atoms with E-state index >= 15 is 0 Å². The molecule has 0 aliphatic carbocycles. The molecule has 0 aliphatic rings. The molecule has 4 nitrogen and oxygen atoms in total. The third-order valence-electron chi connectivity index (χ3n) is 2.92. The van der Waals surface area contributed by atoms with Crippen molar-refractivity contribution in [3.8, 4) is 0 Å². The highest BCUT2D eigenvalue weighted by atomic mass is 35.5. The van der Waals surface area contributed by atoms with Crippen LogP contribution in [0.15, 0.2) is 29.6 Å². The van der Waals surface area contributed by atoms with Crippen molar-refractivity contribution in [3.05, 3.63) is 40.2 Å². The molecule has 0 unspecified atom stereocenters. The summed E-state index contributed by atoms with van der Waals surface area (Å²) in [6.45, 7) is 2.03. The van der Waals surface area contributed by atoms with Crippen molar-refractivity contribution < 1.29 is 0 Å². The number of rotatable bonds is 3. The van der Waals surface area contributed by atoms with Crippen molar-refractivity contribution in [2.75, 3.05) is 17.7 Å². The van der Waals surface area contributed by atoms with Crippen LogP contribution in [0.4, 0.5) is 17.5 Å². The summed E-state index contributed by atoms with van der Waals surface area (Å²) in [5, 5.41) is 9.94. The van der Waals surface area contributed by atoms with Crippen LogP contribution in [-0.2, 0) is 0 Å². The predicted octanol–water partition coefficient (Wildman–Crippen LogP) is 4.44. The molecule has 0 bridgehead atoms. The number of nitrogens with one attached hydrogen (secondary N) is 2. The maximum absolute atomic E-state index is 6.23. The van der Waals surface area contributed by atoms with E-state index in [1.807, 2.05) is 36.6 Å². The molecule has 0 saturated carbocycles. The van der Waals surface area contributed by atoms with Crippen molar-refractivity contribution in [1.82, 2.24) is 9.97 Å². The van der Waals surface area contributed by atoms with E-state index in [1.54, 1.807) is 18.4 Å². The molecule has 0 fully saturated rings. The van der Waals surface area contributed by atoms with Gasteiger partial charge in [-0.1, -0.05) is 17.7 Å². The first-order valence-electron chi connectivity index (χ1n) is 6.13. The van der Waals surface area contributed by atoms with E-state index in [4.69, 9.17) is 11.6 Å². The highest BCUT2D eigenvalue weighted by molar-refractivity contribution is 7.16. The number of aromatic nitrogens is 2. The van der Waals surface area contributed by atoms with Crippen LogP contribution in [0.25, 0.3) is 10.2 Å². The third kappa shape index (κ3) is 2.42. The first kappa shape index (κ1) is 13.1. The molecule has 3 aromatic rings. The van der Waals surface area contributed by atoms with E-state index in [0.29, 0.717) is 11.0 Å². The van der Waals surface area contributed by atoms with Gasteiger partial charge in [-0.3, -0.25) is 0 Å². The summed E-state index contributed by atoms with van der Waals surface area (Å²) >= 11 is 7.81. The number of aryl methyl sites for hydroxylation is 1. The van der Waals surface area contributed by atoms with Crippen LogP contribution in [0.5, 0.6) is 0 Å². The fourth-order valence-corrected chi connectivity index (χ4v) is 2.85. The number of hydrogen-bond acceptors (Lipinski definition) is 5. The molecule has 0 atom stereocenters. The molecule has 2 aromatic heterocycles. The van der Waals surface area contributed by atoms with Gasteiger partial charge in [0.15, 0.2) is 0 Å². The van der Waals surface area contributed by atoms with E-state index in [9.17, 15) is 0 Å². The number of thiophene rings is 1. The summed E-state index contributed by atoms with van der Waals surface area (Å²) in [4.78, 5) is 9.83. The second-order valence-corrected chi connectivity index (χ2v) is 5.70. The molecule has 3 rings (SSSR count). The molecule has 20 heavy (non-hydrogen) atoms. The molecule has 0 radical (unpaired) electrons. The zero-order chi connectivity index (χ0) is 14.1. The number of hydrogen-bond donors (Lipinski definition) is 2. The lowest BCUT2D eigenvalue weighted by Crippen LogP contribution is -2.01. The number of halogens is 1. The molecule has 0 amide bonds. The number of fused-ring (bicyclic) bond motifs is 1. The van der Waals surface area contributed by atoms with E-state index in [-0.39, 0.29) is 0 Å². The molecular formula is C14H13ClN4S. The van der Waals surface area contributed by atoms with Crippen LogP contribution in [0.1, 0.15) is 5.56 Å². The molecule has 0 spiro atoms. The van der Waals surface area contributed by atoms with Crippen LogP contribution in [-0.4, -0.2) is 17.0 Å². The van der Waals surface area contributed by atoms with Gasteiger partial charge >= 0.3 is 0 Å². The Morgan fingerprint density at radius 1 is 1.20 bits per heavy atom. The Morgan fingerprint density at radius 3 is 2.85 bits per heavy atom. The van der Waals surface area contributed by atoms with Crippen molar-refractivity contribution in [2.24, 2.45) is 0 Å². The lowest BCUT2D eigenvalue weighted by atomic mass is 10.2. The van der Waals surface area contributed by atoms with E-state index in [2.05, 4.69) is 20.6 Å². The molecule has 102 valence electrons. The van der Waals surface area contributed by atoms with Crippen molar-refractivity contribution in [3.63, 3.8) is 0 Å². The van der Waals surface area contributed by atoms with Crippen molar-refractivity contribution in [2.45, 2.75) is 6.92 Å². The van der Waals surface area contributed by atoms with Crippen LogP contribution < -0.4 is 10.6 Å². The maximum atomic E-state index is 6.23. The largest absolute Gasteiger partial charge is 0.357 e. The number of benzene rings is 1. The van der Waals surface area contributed by atoms with Crippen LogP contribution in [0, 0.1) is 6.92 Å². The zero-order valence-electron chi connectivity index (χ0n) is 11.1. The van der Waals surface area contributed by atoms with E-state index in [1.165, 1.54) is 0 Å². The predicted molar refractivity (Wildman–Crippen MR) is 86.4 cm³/mol. The SMILES string of the molecule is CNc1nc(Nc2cc(C)ccc2Cl)c2ccsc2n1. The summed E-state index contributed by atoms with van der Waals surface area (Å²) in [5.74, 6) is 1.35. The summed E-state index contributed by atoms with van der Waals surface area (Å²) < 4.78 is 0. The molecule has 6 heteroatoms. The minimum absolute atomic E-state index is 0.589. The van der Waals surface area contributed by atoms with Gasteiger partial charge in [0.05, 0.1) is 16.1 Å². The average molecular weight is 305 g/mol. The lowest BCUT2D eigenvalue weighted by Gasteiger charge is -2.10. The Balaban J connectivity index is 2.09. The topological polar surface area (TPSA) is 49.8 Å². The highest BCUT2D eigenvalue weighted by Crippen LogP contribution is 2.31. The van der Waals surface area contributed by atoms with E-state index < -0.39 is 0 Å². The van der Waals surface area contributed by atoms with Crippen LogP contribution in [0.2, 0.25) is 5.02 Å². The van der Waals surface area contributed by atoms with Gasteiger partial charge in [-0.15, -0.1) is 11.3 Å². The fourth-order valence-electron chi connectivity index (χ4n) is 1.92. The van der Waals surface area contributed by atoms with Gasteiger partial charge in [0.1, 0.15) is 10.6 Å². The monoisotopic (exact) mass is 304 g/mol. The quantitative estimate of drug-likeness (QED) is 0.751. The molecule has 1 aromatic carbocycles. The Bertz CT molecular complexity index is 769. The molecular weight excluding hydrogens is 292 g/mol. The summed E-state index contributed by atoms with van der Waals surface area (Å²) in [5.41, 5.74) is 1.99. The van der Waals surface area contributed by atoms with Gasteiger partial charge in [-0.25, -0.2) is 4.98 Å². The normalized spacial score (nSPS) is 10.8. The van der Waals surface area contributed by atoms with Gasteiger partial charge < -0.3 is 10.6 Å². The third-order valence-corrected chi connectivity index (χ3v) is 4.06. The van der Waals surface area contributed by atoms with Gasteiger partial charge in [0, 0.05) is 7.05 Å². The van der Waals surface area contributed by atoms with Crippen molar-refractivity contribution in [1.29, 1.82) is 0 Å². The smallest absolute Gasteiger partial charge is 0.225 e. The maximum Gasteiger partial charge on any atom is 0.225 e. The standard InChI is InChI=1S/C14H13ClN4S/c1-8-3-4-10(15)11(7-8)17-12-9-5-6-20-13(9)19-14(16-2)18-12/h3-7H,1-2H3,(H2,16,17,18,19). The van der Waals surface area contributed by atoms with Gasteiger partial charge in [-0.2, -0.15) is 4.98 Å². The van der Waals surface area contributed by atoms with Gasteiger partial charge in [0.2, 0.25) is 5.95 Å². The van der Waals surface area contributed by atoms with Gasteiger partial charge in [0.25, 0.3) is 0 Å².